The first-order valence-electron chi connectivity index (χ1n) is 6.75. The van der Waals surface area contributed by atoms with Gasteiger partial charge in [-0.3, -0.25) is 15.5 Å². The predicted molar refractivity (Wildman–Crippen MR) is 85.2 cm³/mol. The Kier molecular flexibility index (Phi) is 3.34. The van der Waals surface area contributed by atoms with Gasteiger partial charge in [0.15, 0.2) is 5.96 Å². The molecule has 0 bridgehead atoms. The minimum atomic E-state index is -0.399. The predicted octanol–water partition coefficient (Wildman–Crippen LogP) is 1.96. The van der Waals surface area contributed by atoms with E-state index in [1.807, 2.05) is 49.5 Å². The lowest BCUT2D eigenvalue weighted by molar-refractivity contribution is 0.0976. The summed E-state index contributed by atoms with van der Waals surface area (Å²) in [6.45, 7) is 1.83. The van der Waals surface area contributed by atoms with E-state index < -0.39 is 5.91 Å². The van der Waals surface area contributed by atoms with Gasteiger partial charge in [0.05, 0.1) is 11.1 Å². The summed E-state index contributed by atoms with van der Waals surface area (Å²) in [4.78, 5) is 16.6. The third-order valence-corrected chi connectivity index (χ3v) is 3.37. The lowest BCUT2D eigenvalue weighted by atomic mass is 10.2. The molecule has 0 saturated heterocycles. The number of pyridine rings is 1. The van der Waals surface area contributed by atoms with Crippen molar-refractivity contribution in [1.82, 2.24) is 14.9 Å². The molecule has 3 aromatic rings. The van der Waals surface area contributed by atoms with Gasteiger partial charge in [0.1, 0.15) is 5.82 Å². The summed E-state index contributed by atoms with van der Waals surface area (Å²) in [6, 6.07) is 11.7. The molecule has 0 aliphatic carbocycles. The molecule has 0 aliphatic rings. The molecule has 0 unspecified atom stereocenters. The number of carbonyl (C=O) groups excluding carboxylic acids is 1. The van der Waals surface area contributed by atoms with Gasteiger partial charge < -0.3 is 10.3 Å². The average Bonchev–Trinajstić information content (AvgIpc) is 2.88. The van der Waals surface area contributed by atoms with Crippen molar-refractivity contribution in [3.8, 4) is 5.82 Å². The van der Waals surface area contributed by atoms with E-state index in [9.17, 15) is 4.79 Å². The lowest BCUT2D eigenvalue weighted by Gasteiger charge is -2.04. The Balaban J connectivity index is 2.00. The molecule has 110 valence electrons. The van der Waals surface area contributed by atoms with E-state index in [2.05, 4.69) is 10.3 Å². The first-order chi connectivity index (χ1) is 10.5. The molecule has 0 aliphatic heterocycles. The number of nitrogens with one attached hydrogen (secondary N) is 2. The Morgan fingerprint density at radius 3 is 2.77 bits per heavy atom. The van der Waals surface area contributed by atoms with Crippen LogP contribution in [0.2, 0.25) is 0 Å². The Morgan fingerprint density at radius 1 is 1.23 bits per heavy atom. The number of hydrogen-bond donors (Lipinski definition) is 3. The molecule has 0 atom stereocenters. The molecule has 4 N–H and O–H groups in total. The molecular weight excluding hydrogens is 278 g/mol. The molecule has 6 nitrogen and oxygen atoms in total. The molecule has 0 radical (unpaired) electrons. The number of carbonyl (C=O) groups is 1. The van der Waals surface area contributed by atoms with Crippen LogP contribution >= 0.6 is 0 Å². The number of para-hydroxylation sites is 1. The van der Waals surface area contributed by atoms with E-state index in [-0.39, 0.29) is 5.96 Å². The fraction of sp³-hybridized carbons (Fsp3) is 0.0625. The van der Waals surface area contributed by atoms with Gasteiger partial charge in [-0.1, -0.05) is 18.2 Å². The molecule has 2 heterocycles. The summed E-state index contributed by atoms with van der Waals surface area (Å²) in [7, 11) is 0. The first-order valence-corrected chi connectivity index (χ1v) is 6.75. The Hall–Kier alpha value is -3.15. The van der Waals surface area contributed by atoms with Crippen molar-refractivity contribution in [2.75, 3.05) is 0 Å². The molecule has 22 heavy (non-hydrogen) atoms. The highest BCUT2D eigenvalue weighted by atomic mass is 16.1. The molecular formula is C16H15N5O. The summed E-state index contributed by atoms with van der Waals surface area (Å²) < 4.78 is 1.79. The van der Waals surface area contributed by atoms with Gasteiger partial charge in [0.25, 0.3) is 5.91 Å². The van der Waals surface area contributed by atoms with Crippen LogP contribution < -0.4 is 11.1 Å². The quantitative estimate of drug-likeness (QED) is 0.497. The number of fused-ring (bicyclic) bond motifs is 1. The monoisotopic (exact) mass is 293 g/mol. The zero-order valence-electron chi connectivity index (χ0n) is 12.0. The minimum absolute atomic E-state index is 0.374. The standard InChI is InChI=1S/C16H15N5O/c1-10-8-21(9-12(10)15(22)20-16(17)18)14-7-6-11-4-2-3-5-13(11)19-14/h2-9H,1H3,(H4,17,18,20,22). The van der Waals surface area contributed by atoms with Gasteiger partial charge in [-0.05, 0) is 30.7 Å². The number of amides is 1. The topological polar surface area (TPSA) is 96.8 Å². The van der Waals surface area contributed by atoms with Gasteiger partial charge in [0, 0.05) is 17.8 Å². The first kappa shape index (κ1) is 13.8. The van der Waals surface area contributed by atoms with Gasteiger partial charge >= 0.3 is 0 Å². The van der Waals surface area contributed by atoms with Crippen molar-refractivity contribution in [2.45, 2.75) is 6.92 Å². The van der Waals surface area contributed by atoms with E-state index in [0.717, 1.165) is 22.3 Å². The maximum atomic E-state index is 12.0. The van der Waals surface area contributed by atoms with Gasteiger partial charge in [0.2, 0.25) is 0 Å². The number of benzene rings is 1. The van der Waals surface area contributed by atoms with Crippen LogP contribution in [0.1, 0.15) is 15.9 Å². The third-order valence-electron chi connectivity index (χ3n) is 3.37. The molecule has 0 saturated carbocycles. The number of rotatable bonds is 2. The van der Waals surface area contributed by atoms with Gasteiger partial charge in [-0.2, -0.15) is 0 Å². The lowest BCUT2D eigenvalue weighted by Crippen LogP contribution is -2.35. The number of aromatic nitrogens is 2. The second kappa shape index (κ2) is 5.33. The SMILES string of the molecule is Cc1cn(-c2ccc3ccccc3n2)cc1C(=O)NC(=N)N. The molecule has 3 rings (SSSR count). The van der Waals surface area contributed by atoms with Crippen LogP contribution in [0.5, 0.6) is 0 Å². The van der Waals surface area contributed by atoms with Crippen LogP contribution in [0, 0.1) is 12.3 Å². The molecule has 0 fully saturated rings. The fourth-order valence-corrected chi connectivity index (χ4v) is 2.32. The number of nitrogens with zero attached hydrogens (tertiary/aromatic N) is 2. The van der Waals surface area contributed by atoms with Crippen LogP contribution in [-0.2, 0) is 0 Å². The largest absolute Gasteiger partial charge is 0.370 e. The molecule has 6 heteroatoms. The fourth-order valence-electron chi connectivity index (χ4n) is 2.32. The third kappa shape index (κ3) is 2.54. The maximum absolute atomic E-state index is 12.0. The summed E-state index contributed by atoms with van der Waals surface area (Å²) >= 11 is 0. The summed E-state index contributed by atoms with van der Waals surface area (Å²) in [5, 5.41) is 10.5. The highest BCUT2D eigenvalue weighted by Crippen LogP contribution is 2.17. The zero-order chi connectivity index (χ0) is 15.7. The molecule has 0 spiro atoms. The summed E-state index contributed by atoms with van der Waals surface area (Å²) in [5.41, 5.74) is 7.33. The van der Waals surface area contributed by atoms with Gasteiger partial charge in [-0.15, -0.1) is 0 Å². The van der Waals surface area contributed by atoms with Crippen molar-refractivity contribution in [3.63, 3.8) is 0 Å². The van der Waals surface area contributed by atoms with Crippen molar-refractivity contribution in [2.24, 2.45) is 5.73 Å². The van der Waals surface area contributed by atoms with Crippen LogP contribution in [-0.4, -0.2) is 21.4 Å². The van der Waals surface area contributed by atoms with E-state index in [4.69, 9.17) is 11.1 Å². The van der Waals surface area contributed by atoms with E-state index in [1.165, 1.54) is 0 Å². The minimum Gasteiger partial charge on any atom is -0.370 e. The van der Waals surface area contributed by atoms with Crippen LogP contribution in [0.3, 0.4) is 0 Å². The number of nitrogens with two attached hydrogens (primary N) is 1. The Morgan fingerprint density at radius 2 is 2.00 bits per heavy atom. The van der Waals surface area contributed by atoms with Crippen LogP contribution in [0.15, 0.2) is 48.8 Å². The second-order valence-corrected chi connectivity index (χ2v) is 4.99. The zero-order valence-corrected chi connectivity index (χ0v) is 12.0. The van der Waals surface area contributed by atoms with E-state index >= 15 is 0 Å². The number of guanidine groups is 1. The van der Waals surface area contributed by atoms with Gasteiger partial charge in [-0.25, -0.2) is 4.98 Å². The Bertz CT molecular complexity index is 881. The smallest absolute Gasteiger partial charge is 0.259 e. The average molecular weight is 293 g/mol. The number of hydrogen-bond acceptors (Lipinski definition) is 3. The number of aryl methyl sites for hydroxylation is 1. The summed E-state index contributed by atoms with van der Waals surface area (Å²) in [5.74, 6) is -0.0470. The van der Waals surface area contributed by atoms with Crippen LogP contribution in [0.25, 0.3) is 16.7 Å². The molecule has 1 aromatic carbocycles. The molecule has 2 aromatic heterocycles. The van der Waals surface area contributed by atoms with Crippen molar-refractivity contribution in [1.29, 1.82) is 5.41 Å². The van der Waals surface area contributed by atoms with Crippen molar-refractivity contribution < 1.29 is 4.79 Å². The maximum Gasteiger partial charge on any atom is 0.259 e. The Labute approximate surface area is 127 Å². The van der Waals surface area contributed by atoms with E-state index in [1.54, 1.807) is 10.8 Å². The van der Waals surface area contributed by atoms with E-state index in [0.29, 0.717) is 5.56 Å². The highest BCUT2D eigenvalue weighted by molar-refractivity contribution is 6.05. The van der Waals surface area contributed by atoms with Crippen LogP contribution in [0.4, 0.5) is 0 Å². The van der Waals surface area contributed by atoms with Crippen molar-refractivity contribution in [3.05, 3.63) is 59.9 Å². The summed E-state index contributed by atoms with van der Waals surface area (Å²) in [6.07, 6.45) is 3.51. The normalized spacial score (nSPS) is 10.6. The van der Waals surface area contributed by atoms with Crippen molar-refractivity contribution >= 4 is 22.8 Å². The molecule has 1 amide bonds. The highest BCUT2D eigenvalue weighted by Gasteiger charge is 2.13. The second-order valence-electron chi connectivity index (χ2n) is 4.99.